The molecule has 1 saturated carbocycles. The van der Waals surface area contributed by atoms with Gasteiger partial charge in [-0.25, -0.2) is 5.90 Å². The van der Waals surface area contributed by atoms with Crippen molar-refractivity contribution in [3.8, 4) is 0 Å². The lowest BCUT2D eigenvalue weighted by Crippen LogP contribution is -2.06. The summed E-state index contributed by atoms with van der Waals surface area (Å²) in [7, 11) is 0. The third kappa shape index (κ3) is 2.10. The minimum Gasteiger partial charge on any atom is -0.337 e. The van der Waals surface area contributed by atoms with E-state index in [0.717, 1.165) is 5.82 Å². The van der Waals surface area contributed by atoms with Crippen LogP contribution in [-0.4, -0.2) is 10.1 Å². The summed E-state index contributed by atoms with van der Waals surface area (Å²) >= 11 is 0. The van der Waals surface area contributed by atoms with Gasteiger partial charge in [-0.3, -0.25) is 4.84 Å². The first-order chi connectivity index (χ1) is 6.90. The highest BCUT2D eigenvalue weighted by Gasteiger charge is 2.20. The Kier molecular flexibility index (Phi) is 3.10. The standard InChI is InChI=1S/C9H15N3O2/c10-13-6-8-11-9(12-14-8)7-4-2-1-3-5-7/h7H,1-6,10H2. The van der Waals surface area contributed by atoms with Gasteiger partial charge in [-0.05, 0) is 12.8 Å². The highest BCUT2D eigenvalue weighted by molar-refractivity contribution is 4.96. The molecule has 1 aliphatic carbocycles. The third-order valence-corrected chi connectivity index (χ3v) is 2.66. The van der Waals surface area contributed by atoms with Gasteiger partial charge in [0.25, 0.3) is 5.89 Å². The maximum atomic E-state index is 4.99. The fourth-order valence-electron chi connectivity index (χ4n) is 1.92. The van der Waals surface area contributed by atoms with E-state index in [1.54, 1.807) is 0 Å². The molecule has 0 unspecified atom stereocenters. The molecule has 1 fully saturated rings. The third-order valence-electron chi connectivity index (χ3n) is 2.66. The molecule has 0 atom stereocenters. The van der Waals surface area contributed by atoms with Gasteiger partial charge in [0.1, 0.15) is 6.61 Å². The number of rotatable bonds is 3. The Hall–Kier alpha value is -0.940. The van der Waals surface area contributed by atoms with Crippen LogP contribution in [0.25, 0.3) is 0 Å². The highest BCUT2D eigenvalue weighted by atomic mass is 16.6. The molecule has 2 N–H and O–H groups in total. The Balaban J connectivity index is 2.00. The molecule has 0 radical (unpaired) electrons. The molecule has 0 bridgehead atoms. The molecular formula is C9H15N3O2. The predicted octanol–water partition coefficient (Wildman–Crippen LogP) is 1.51. The van der Waals surface area contributed by atoms with E-state index in [0.29, 0.717) is 11.8 Å². The van der Waals surface area contributed by atoms with Gasteiger partial charge >= 0.3 is 0 Å². The van der Waals surface area contributed by atoms with Crippen molar-refractivity contribution in [1.29, 1.82) is 0 Å². The van der Waals surface area contributed by atoms with E-state index >= 15 is 0 Å². The van der Waals surface area contributed by atoms with Crippen LogP contribution in [0.15, 0.2) is 4.52 Å². The number of aromatic nitrogens is 2. The smallest absolute Gasteiger partial charge is 0.254 e. The van der Waals surface area contributed by atoms with E-state index in [-0.39, 0.29) is 6.61 Å². The summed E-state index contributed by atoms with van der Waals surface area (Å²) in [6.07, 6.45) is 6.20. The zero-order chi connectivity index (χ0) is 9.80. The van der Waals surface area contributed by atoms with Crippen LogP contribution in [0.4, 0.5) is 0 Å². The van der Waals surface area contributed by atoms with Crippen LogP contribution in [0.3, 0.4) is 0 Å². The van der Waals surface area contributed by atoms with Crippen molar-refractivity contribution >= 4 is 0 Å². The van der Waals surface area contributed by atoms with Crippen molar-refractivity contribution in [2.75, 3.05) is 0 Å². The topological polar surface area (TPSA) is 74.2 Å². The van der Waals surface area contributed by atoms with Gasteiger partial charge in [0.05, 0.1) is 0 Å². The van der Waals surface area contributed by atoms with Crippen molar-refractivity contribution in [2.24, 2.45) is 5.90 Å². The maximum Gasteiger partial charge on any atom is 0.254 e. The molecule has 78 valence electrons. The van der Waals surface area contributed by atoms with E-state index in [1.807, 2.05) is 0 Å². The first-order valence-electron chi connectivity index (χ1n) is 5.04. The second-order valence-corrected chi connectivity index (χ2v) is 3.69. The molecule has 14 heavy (non-hydrogen) atoms. The zero-order valence-electron chi connectivity index (χ0n) is 8.11. The molecule has 1 aromatic rings. The number of nitrogens with zero attached hydrogens (tertiary/aromatic N) is 2. The second-order valence-electron chi connectivity index (χ2n) is 3.69. The Labute approximate surface area is 82.6 Å². The van der Waals surface area contributed by atoms with Gasteiger partial charge in [-0.2, -0.15) is 4.98 Å². The Bertz CT molecular complexity index is 281. The molecule has 1 aromatic heterocycles. The lowest BCUT2D eigenvalue weighted by Gasteiger charge is -2.17. The molecule has 5 heteroatoms. The zero-order valence-corrected chi connectivity index (χ0v) is 8.11. The van der Waals surface area contributed by atoms with Crippen molar-refractivity contribution in [3.63, 3.8) is 0 Å². The van der Waals surface area contributed by atoms with Crippen LogP contribution in [0, 0.1) is 0 Å². The van der Waals surface area contributed by atoms with Crippen molar-refractivity contribution in [1.82, 2.24) is 10.1 Å². The van der Waals surface area contributed by atoms with E-state index in [9.17, 15) is 0 Å². The maximum absolute atomic E-state index is 4.99. The van der Waals surface area contributed by atoms with Gasteiger partial charge in [0.15, 0.2) is 5.82 Å². The van der Waals surface area contributed by atoms with E-state index in [1.165, 1.54) is 32.1 Å². The van der Waals surface area contributed by atoms with E-state index < -0.39 is 0 Å². The Morgan fingerprint density at radius 3 is 2.86 bits per heavy atom. The molecule has 5 nitrogen and oxygen atoms in total. The lowest BCUT2D eigenvalue weighted by atomic mass is 9.89. The predicted molar refractivity (Wildman–Crippen MR) is 49.1 cm³/mol. The minimum atomic E-state index is 0.194. The average Bonchev–Trinajstić information content (AvgIpc) is 2.68. The highest BCUT2D eigenvalue weighted by Crippen LogP contribution is 2.30. The van der Waals surface area contributed by atoms with Gasteiger partial charge in [0.2, 0.25) is 0 Å². The molecule has 1 heterocycles. The molecule has 0 amide bonds. The summed E-state index contributed by atoms with van der Waals surface area (Å²) in [6.45, 7) is 0.194. The van der Waals surface area contributed by atoms with Crippen molar-refractivity contribution in [2.45, 2.75) is 44.6 Å². The summed E-state index contributed by atoms with van der Waals surface area (Å²) in [5.74, 6) is 6.67. The molecule has 2 rings (SSSR count). The first-order valence-corrected chi connectivity index (χ1v) is 5.04. The van der Waals surface area contributed by atoms with Crippen LogP contribution >= 0.6 is 0 Å². The van der Waals surface area contributed by atoms with Crippen LogP contribution in [0.1, 0.15) is 49.7 Å². The second kappa shape index (κ2) is 4.52. The summed E-state index contributed by atoms with van der Waals surface area (Å²) < 4.78 is 4.99. The first kappa shape index (κ1) is 9.61. The SMILES string of the molecule is NOCc1nc(C2CCCCC2)no1. The van der Waals surface area contributed by atoms with E-state index in [4.69, 9.17) is 10.4 Å². The number of hydrogen-bond acceptors (Lipinski definition) is 5. The quantitative estimate of drug-likeness (QED) is 0.743. The fraction of sp³-hybridized carbons (Fsp3) is 0.778. The molecule has 0 saturated heterocycles. The van der Waals surface area contributed by atoms with Gasteiger partial charge in [0, 0.05) is 5.92 Å². The minimum absolute atomic E-state index is 0.194. The van der Waals surface area contributed by atoms with Crippen molar-refractivity contribution < 1.29 is 9.36 Å². The largest absolute Gasteiger partial charge is 0.337 e. The molecule has 0 spiro atoms. The van der Waals surface area contributed by atoms with Gasteiger partial charge < -0.3 is 4.52 Å². The summed E-state index contributed by atoms with van der Waals surface area (Å²) in [4.78, 5) is 8.67. The van der Waals surface area contributed by atoms with E-state index in [2.05, 4.69) is 15.0 Å². The van der Waals surface area contributed by atoms with Crippen LogP contribution in [-0.2, 0) is 11.4 Å². The average molecular weight is 197 g/mol. The van der Waals surface area contributed by atoms with Crippen molar-refractivity contribution in [3.05, 3.63) is 11.7 Å². The summed E-state index contributed by atoms with van der Waals surface area (Å²) in [5, 5.41) is 3.94. The summed E-state index contributed by atoms with van der Waals surface area (Å²) in [5.41, 5.74) is 0. The number of nitrogens with two attached hydrogens (primary N) is 1. The lowest BCUT2D eigenvalue weighted by molar-refractivity contribution is 0.0995. The molecule has 0 aliphatic heterocycles. The monoisotopic (exact) mass is 197 g/mol. The molecule has 0 aromatic carbocycles. The van der Waals surface area contributed by atoms with Crippen LogP contribution < -0.4 is 5.90 Å². The Morgan fingerprint density at radius 1 is 1.36 bits per heavy atom. The van der Waals surface area contributed by atoms with Gasteiger partial charge in [-0.15, -0.1) is 0 Å². The summed E-state index contributed by atoms with van der Waals surface area (Å²) in [6, 6.07) is 0. The Morgan fingerprint density at radius 2 is 2.14 bits per heavy atom. The number of hydrogen-bond donors (Lipinski definition) is 1. The van der Waals surface area contributed by atoms with Gasteiger partial charge in [-0.1, -0.05) is 24.4 Å². The molecular weight excluding hydrogens is 182 g/mol. The fourth-order valence-corrected chi connectivity index (χ4v) is 1.92. The normalized spacial score (nSPS) is 18.6. The van der Waals surface area contributed by atoms with Crippen LogP contribution in [0.5, 0.6) is 0 Å². The van der Waals surface area contributed by atoms with Crippen LogP contribution in [0.2, 0.25) is 0 Å². The molecule has 1 aliphatic rings.